The van der Waals surface area contributed by atoms with Crippen LogP contribution in [-0.4, -0.2) is 67.0 Å². The summed E-state index contributed by atoms with van der Waals surface area (Å²) in [6.07, 6.45) is 3.11. The van der Waals surface area contributed by atoms with Gasteiger partial charge >= 0.3 is 0 Å². The number of carbonyl (C=O) groups is 2. The number of rotatable bonds is 6. The van der Waals surface area contributed by atoms with Crippen LogP contribution in [0.1, 0.15) is 25.7 Å². The Kier molecular flexibility index (Phi) is 7.94. The van der Waals surface area contributed by atoms with E-state index in [1.54, 1.807) is 0 Å². The summed E-state index contributed by atoms with van der Waals surface area (Å²) in [5.41, 5.74) is 0. The second-order valence-corrected chi connectivity index (χ2v) is 7.83. The van der Waals surface area contributed by atoms with E-state index in [4.69, 9.17) is 4.74 Å². The van der Waals surface area contributed by atoms with Gasteiger partial charge in [0, 0.05) is 44.0 Å². The van der Waals surface area contributed by atoms with Gasteiger partial charge in [-0.2, -0.15) is 0 Å². The Hall–Kier alpha value is -2.31. The molecule has 4 rings (SSSR count). The van der Waals surface area contributed by atoms with Crippen LogP contribution in [0.25, 0.3) is 10.8 Å². The molecule has 0 aromatic heterocycles. The smallest absolute Gasteiger partial charge is 0.236 e. The van der Waals surface area contributed by atoms with Crippen LogP contribution < -0.4 is 10.1 Å². The maximum Gasteiger partial charge on any atom is 0.236 e. The first kappa shape index (κ1) is 22.4. The molecule has 0 spiro atoms. The Balaban J connectivity index is 0.00000256. The molecular weight excluding hydrogens is 402 g/mol. The van der Waals surface area contributed by atoms with Crippen molar-refractivity contribution < 1.29 is 14.3 Å². The molecule has 2 fully saturated rings. The average Bonchev–Trinajstić information content (AvgIpc) is 2.77. The Bertz CT molecular complexity index is 870. The van der Waals surface area contributed by atoms with Crippen LogP contribution in [0.5, 0.6) is 5.75 Å². The summed E-state index contributed by atoms with van der Waals surface area (Å²) in [7, 11) is 0. The fourth-order valence-electron chi connectivity index (χ4n) is 4.33. The zero-order valence-corrected chi connectivity index (χ0v) is 18.0. The molecule has 1 N–H and O–H groups in total. The Morgan fingerprint density at radius 2 is 1.97 bits per heavy atom. The van der Waals surface area contributed by atoms with Gasteiger partial charge in [0.1, 0.15) is 5.75 Å². The summed E-state index contributed by atoms with van der Waals surface area (Å²) in [6.45, 7) is 3.96. The highest BCUT2D eigenvalue weighted by Gasteiger charge is 2.31. The molecule has 2 saturated heterocycles. The summed E-state index contributed by atoms with van der Waals surface area (Å²) in [4.78, 5) is 28.7. The van der Waals surface area contributed by atoms with Gasteiger partial charge in [-0.15, -0.1) is 12.4 Å². The van der Waals surface area contributed by atoms with Gasteiger partial charge in [0.05, 0.1) is 13.2 Å². The van der Waals surface area contributed by atoms with Crippen molar-refractivity contribution in [3.63, 3.8) is 0 Å². The van der Waals surface area contributed by atoms with Crippen molar-refractivity contribution in [1.82, 2.24) is 15.1 Å². The number of hydrogen-bond acceptors (Lipinski definition) is 4. The van der Waals surface area contributed by atoms with Crippen LogP contribution in [0.15, 0.2) is 42.5 Å². The van der Waals surface area contributed by atoms with Crippen LogP contribution in [0.4, 0.5) is 0 Å². The molecule has 2 aliphatic rings. The van der Waals surface area contributed by atoms with Crippen molar-refractivity contribution in [2.75, 3.05) is 39.3 Å². The largest absolute Gasteiger partial charge is 0.493 e. The number of likely N-dealkylation sites (tertiary alicyclic amines) is 1. The molecule has 2 aromatic rings. The van der Waals surface area contributed by atoms with Crippen molar-refractivity contribution in [3.05, 3.63) is 42.5 Å². The van der Waals surface area contributed by atoms with E-state index >= 15 is 0 Å². The van der Waals surface area contributed by atoms with E-state index in [-0.39, 0.29) is 30.3 Å². The monoisotopic (exact) mass is 431 g/mol. The van der Waals surface area contributed by atoms with Gasteiger partial charge in [-0.05, 0) is 30.7 Å². The highest BCUT2D eigenvalue weighted by molar-refractivity contribution is 5.88. The van der Waals surface area contributed by atoms with Crippen molar-refractivity contribution >= 4 is 35.0 Å². The third-order valence-corrected chi connectivity index (χ3v) is 5.86. The van der Waals surface area contributed by atoms with Gasteiger partial charge in [0.15, 0.2) is 0 Å². The minimum absolute atomic E-state index is 0. The predicted molar refractivity (Wildman–Crippen MR) is 120 cm³/mol. The third kappa shape index (κ3) is 5.24. The average molecular weight is 432 g/mol. The number of ether oxygens (including phenoxy) is 1. The number of benzene rings is 2. The SMILES string of the molecule is Cl.O=C(CCCOc1cccc2ccccc12)N1CCCC(N2CCNCC2=O)C1. The summed E-state index contributed by atoms with van der Waals surface area (Å²) in [6, 6.07) is 14.4. The van der Waals surface area contributed by atoms with E-state index in [1.807, 2.05) is 34.1 Å². The molecule has 0 saturated carbocycles. The molecule has 30 heavy (non-hydrogen) atoms. The number of hydrogen-bond donors (Lipinski definition) is 1. The molecule has 162 valence electrons. The van der Waals surface area contributed by atoms with E-state index < -0.39 is 0 Å². The Morgan fingerprint density at radius 3 is 2.83 bits per heavy atom. The van der Waals surface area contributed by atoms with E-state index in [2.05, 4.69) is 23.5 Å². The second-order valence-electron chi connectivity index (χ2n) is 7.83. The van der Waals surface area contributed by atoms with Crippen molar-refractivity contribution in [2.45, 2.75) is 31.7 Å². The Labute approximate surface area is 184 Å². The highest BCUT2D eigenvalue weighted by atomic mass is 35.5. The van der Waals surface area contributed by atoms with Crippen LogP contribution >= 0.6 is 12.4 Å². The number of piperidine rings is 1. The quantitative estimate of drug-likeness (QED) is 0.714. The second kappa shape index (κ2) is 10.6. The lowest BCUT2D eigenvalue weighted by Crippen LogP contribution is -2.57. The standard InChI is InChI=1S/C23H29N3O3.ClH/c27-22(25-13-4-8-19(17-25)26-14-12-24-16-23(26)28)11-5-15-29-21-10-3-7-18-6-1-2-9-20(18)21;/h1-3,6-7,9-10,19,24H,4-5,8,11-17H2;1H. The van der Waals surface area contributed by atoms with Crippen molar-refractivity contribution in [2.24, 2.45) is 0 Å². The molecule has 7 heteroatoms. The topological polar surface area (TPSA) is 61.9 Å². The molecule has 2 heterocycles. The summed E-state index contributed by atoms with van der Waals surface area (Å²) in [5.74, 6) is 1.18. The fourth-order valence-corrected chi connectivity index (χ4v) is 4.33. The number of halogens is 1. The first-order valence-corrected chi connectivity index (χ1v) is 10.6. The van der Waals surface area contributed by atoms with Gasteiger partial charge in [0.25, 0.3) is 0 Å². The normalized spacial score (nSPS) is 19.5. The number of carbonyl (C=O) groups excluding carboxylic acids is 2. The molecule has 0 aliphatic carbocycles. The maximum atomic E-state index is 12.7. The van der Waals surface area contributed by atoms with Crippen molar-refractivity contribution in [1.29, 1.82) is 0 Å². The minimum atomic E-state index is 0. The molecule has 0 bridgehead atoms. The van der Waals surface area contributed by atoms with Crippen LogP contribution in [0, 0.1) is 0 Å². The van der Waals surface area contributed by atoms with Gasteiger partial charge in [-0.3, -0.25) is 9.59 Å². The predicted octanol–water partition coefficient (Wildman–Crippen LogP) is 2.84. The first-order valence-electron chi connectivity index (χ1n) is 10.6. The number of fused-ring (bicyclic) bond motifs is 1. The number of nitrogens with one attached hydrogen (secondary N) is 1. The van der Waals surface area contributed by atoms with Crippen LogP contribution in [0.2, 0.25) is 0 Å². The number of nitrogens with zero attached hydrogens (tertiary/aromatic N) is 2. The summed E-state index contributed by atoms with van der Waals surface area (Å²) >= 11 is 0. The molecule has 1 atom stereocenters. The molecule has 2 aromatic carbocycles. The van der Waals surface area contributed by atoms with Crippen LogP contribution in [-0.2, 0) is 9.59 Å². The highest BCUT2D eigenvalue weighted by Crippen LogP contribution is 2.25. The number of amides is 2. The van der Waals surface area contributed by atoms with E-state index in [0.717, 1.165) is 49.0 Å². The van der Waals surface area contributed by atoms with Crippen molar-refractivity contribution in [3.8, 4) is 5.75 Å². The summed E-state index contributed by atoms with van der Waals surface area (Å²) < 4.78 is 5.96. The first-order chi connectivity index (χ1) is 14.2. The zero-order chi connectivity index (χ0) is 20.1. The lowest BCUT2D eigenvalue weighted by Gasteiger charge is -2.41. The lowest BCUT2D eigenvalue weighted by atomic mass is 10.0. The lowest BCUT2D eigenvalue weighted by molar-refractivity contribution is -0.140. The van der Waals surface area contributed by atoms with Gasteiger partial charge in [-0.1, -0.05) is 36.4 Å². The van der Waals surface area contributed by atoms with E-state index in [1.165, 1.54) is 0 Å². The Morgan fingerprint density at radius 1 is 1.13 bits per heavy atom. The molecule has 2 aliphatic heterocycles. The number of piperazine rings is 1. The minimum Gasteiger partial charge on any atom is -0.493 e. The zero-order valence-electron chi connectivity index (χ0n) is 17.2. The molecule has 1 unspecified atom stereocenters. The fraction of sp³-hybridized carbons (Fsp3) is 0.478. The summed E-state index contributed by atoms with van der Waals surface area (Å²) in [5, 5.41) is 5.36. The van der Waals surface area contributed by atoms with Gasteiger partial charge in [0.2, 0.25) is 11.8 Å². The van der Waals surface area contributed by atoms with Crippen LogP contribution in [0.3, 0.4) is 0 Å². The van der Waals surface area contributed by atoms with E-state index in [9.17, 15) is 9.59 Å². The van der Waals surface area contributed by atoms with Gasteiger partial charge in [-0.25, -0.2) is 0 Å². The van der Waals surface area contributed by atoms with Gasteiger partial charge < -0.3 is 19.9 Å². The third-order valence-electron chi connectivity index (χ3n) is 5.86. The molecule has 0 radical (unpaired) electrons. The molecule has 6 nitrogen and oxygen atoms in total. The van der Waals surface area contributed by atoms with E-state index in [0.29, 0.717) is 32.5 Å². The maximum absolute atomic E-state index is 12.7. The molecular formula is C23H30ClN3O3. The molecule has 2 amide bonds.